The molecule has 0 saturated heterocycles. The van der Waals surface area contributed by atoms with Crippen LogP contribution in [0.25, 0.3) is 0 Å². The van der Waals surface area contributed by atoms with Gasteiger partial charge in [-0.2, -0.15) is 0 Å². The van der Waals surface area contributed by atoms with E-state index in [2.05, 4.69) is 27.7 Å². The van der Waals surface area contributed by atoms with Crippen LogP contribution in [0.5, 0.6) is 0 Å². The van der Waals surface area contributed by atoms with Crippen LogP contribution >= 0.6 is 0 Å². The van der Waals surface area contributed by atoms with Gasteiger partial charge in [-0.3, -0.25) is 9.59 Å². The van der Waals surface area contributed by atoms with E-state index in [9.17, 15) is 9.59 Å². The number of ether oxygens (including phenoxy) is 2. The maximum Gasteiger partial charge on any atom is 0.308 e. The highest BCUT2D eigenvalue weighted by atomic mass is 16.5. The summed E-state index contributed by atoms with van der Waals surface area (Å²) >= 11 is 0. The first-order valence-corrected chi connectivity index (χ1v) is 10.1. The van der Waals surface area contributed by atoms with Crippen molar-refractivity contribution in [3.63, 3.8) is 0 Å². The average Bonchev–Trinajstić information content (AvgIpc) is 2.53. The molecule has 0 aliphatic carbocycles. The summed E-state index contributed by atoms with van der Waals surface area (Å²) in [6.45, 7) is 11.7. The summed E-state index contributed by atoms with van der Waals surface area (Å²) in [6, 6.07) is 0. The molecule has 0 aromatic rings. The second-order valence-corrected chi connectivity index (χ2v) is 7.96. The van der Waals surface area contributed by atoms with Crippen molar-refractivity contribution >= 4 is 11.9 Å². The van der Waals surface area contributed by atoms with Gasteiger partial charge in [-0.25, -0.2) is 0 Å². The van der Waals surface area contributed by atoms with Gasteiger partial charge < -0.3 is 9.47 Å². The summed E-state index contributed by atoms with van der Waals surface area (Å²) in [5.41, 5.74) is 0. The van der Waals surface area contributed by atoms with E-state index in [1.807, 2.05) is 6.92 Å². The standard InChI is InChI=1S/C21H40O4/c1-17(2)11-6-8-15-24-20(22)14-10-13-19(5)21(23)25-16-9-7-12-18(3)4/h17-19H,6-16H2,1-5H3. The van der Waals surface area contributed by atoms with Crippen LogP contribution in [-0.4, -0.2) is 25.2 Å². The summed E-state index contributed by atoms with van der Waals surface area (Å²) in [7, 11) is 0. The van der Waals surface area contributed by atoms with Crippen molar-refractivity contribution < 1.29 is 19.1 Å². The Hall–Kier alpha value is -1.06. The Morgan fingerprint density at radius 1 is 0.680 bits per heavy atom. The van der Waals surface area contributed by atoms with Crippen LogP contribution in [0.15, 0.2) is 0 Å². The Kier molecular flexibility index (Phi) is 14.6. The number of rotatable bonds is 15. The average molecular weight is 357 g/mol. The molecule has 0 heterocycles. The van der Waals surface area contributed by atoms with Crippen molar-refractivity contribution in [3.8, 4) is 0 Å². The van der Waals surface area contributed by atoms with E-state index in [-0.39, 0.29) is 17.9 Å². The smallest absolute Gasteiger partial charge is 0.308 e. The number of hydrogen-bond donors (Lipinski definition) is 0. The molecule has 0 radical (unpaired) electrons. The van der Waals surface area contributed by atoms with E-state index in [1.165, 1.54) is 12.8 Å². The molecule has 1 unspecified atom stereocenters. The topological polar surface area (TPSA) is 52.6 Å². The van der Waals surface area contributed by atoms with Crippen LogP contribution in [0.4, 0.5) is 0 Å². The van der Waals surface area contributed by atoms with Gasteiger partial charge in [-0.15, -0.1) is 0 Å². The van der Waals surface area contributed by atoms with Crippen molar-refractivity contribution in [2.45, 2.75) is 92.4 Å². The predicted molar refractivity (Wildman–Crippen MR) is 102 cm³/mol. The first-order valence-electron chi connectivity index (χ1n) is 10.1. The lowest BCUT2D eigenvalue weighted by Crippen LogP contribution is -2.16. The predicted octanol–water partition coefficient (Wildman–Crippen LogP) is 5.53. The third kappa shape index (κ3) is 16.2. The minimum atomic E-state index is -0.154. The summed E-state index contributed by atoms with van der Waals surface area (Å²) in [5.74, 6) is 0.950. The van der Waals surface area contributed by atoms with Gasteiger partial charge in [-0.1, -0.05) is 47.5 Å². The quantitative estimate of drug-likeness (QED) is 0.286. The highest BCUT2D eigenvalue weighted by Gasteiger charge is 2.15. The van der Waals surface area contributed by atoms with Crippen molar-refractivity contribution in [1.29, 1.82) is 0 Å². The molecule has 1 atom stereocenters. The molecule has 148 valence electrons. The fourth-order valence-corrected chi connectivity index (χ4v) is 2.55. The zero-order valence-corrected chi connectivity index (χ0v) is 17.1. The first kappa shape index (κ1) is 23.9. The molecule has 0 fully saturated rings. The third-order valence-electron chi connectivity index (χ3n) is 4.28. The normalized spacial score (nSPS) is 12.4. The number of carbonyl (C=O) groups is 2. The van der Waals surface area contributed by atoms with Crippen LogP contribution in [0.3, 0.4) is 0 Å². The molecular formula is C21H40O4. The Morgan fingerprint density at radius 2 is 1.20 bits per heavy atom. The van der Waals surface area contributed by atoms with Crippen molar-refractivity contribution in [2.75, 3.05) is 13.2 Å². The van der Waals surface area contributed by atoms with Crippen LogP contribution in [0, 0.1) is 17.8 Å². The van der Waals surface area contributed by atoms with Crippen molar-refractivity contribution in [2.24, 2.45) is 17.8 Å². The van der Waals surface area contributed by atoms with Crippen LogP contribution in [0.2, 0.25) is 0 Å². The molecule has 0 spiro atoms. The van der Waals surface area contributed by atoms with Gasteiger partial charge in [0.2, 0.25) is 0 Å². The fraction of sp³-hybridized carbons (Fsp3) is 0.905. The summed E-state index contributed by atoms with van der Waals surface area (Å²) in [6.07, 6.45) is 8.15. The SMILES string of the molecule is CC(C)CCCCOC(=O)CCCC(C)C(=O)OCCCCC(C)C. The minimum Gasteiger partial charge on any atom is -0.466 e. The molecule has 0 rings (SSSR count). The van der Waals surface area contributed by atoms with E-state index in [4.69, 9.17) is 9.47 Å². The molecule has 0 amide bonds. The summed E-state index contributed by atoms with van der Waals surface area (Å²) in [5, 5.41) is 0. The van der Waals surface area contributed by atoms with Gasteiger partial charge in [0, 0.05) is 6.42 Å². The minimum absolute atomic E-state index is 0.147. The van der Waals surface area contributed by atoms with Gasteiger partial charge in [0.05, 0.1) is 19.1 Å². The van der Waals surface area contributed by atoms with Gasteiger partial charge in [0.1, 0.15) is 0 Å². The zero-order valence-electron chi connectivity index (χ0n) is 17.1. The second-order valence-electron chi connectivity index (χ2n) is 7.96. The van der Waals surface area contributed by atoms with E-state index in [0.717, 1.165) is 25.7 Å². The van der Waals surface area contributed by atoms with Crippen molar-refractivity contribution in [1.82, 2.24) is 0 Å². The second kappa shape index (κ2) is 15.2. The molecule has 0 aromatic carbocycles. The van der Waals surface area contributed by atoms with E-state index in [0.29, 0.717) is 44.3 Å². The Morgan fingerprint density at radius 3 is 1.72 bits per heavy atom. The summed E-state index contributed by atoms with van der Waals surface area (Å²) < 4.78 is 10.5. The Bertz CT molecular complexity index is 350. The number of hydrogen-bond acceptors (Lipinski definition) is 4. The lowest BCUT2D eigenvalue weighted by molar-refractivity contribution is -0.149. The largest absolute Gasteiger partial charge is 0.466 e. The van der Waals surface area contributed by atoms with Crippen molar-refractivity contribution in [3.05, 3.63) is 0 Å². The highest BCUT2D eigenvalue weighted by Crippen LogP contribution is 2.12. The number of esters is 2. The Labute approximate surface area is 155 Å². The van der Waals surface area contributed by atoms with E-state index >= 15 is 0 Å². The van der Waals surface area contributed by atoms with E-state index < -0.39 is 0 Å². The van der Waals surface area contributed by atoms with E-state index in [1.54, 1.807) is 0 Å². The van der Waals surface area contributed by atoms with Crippen LogP contribution in [0.1, 0.15) is 92.4 Å². The first-order chi connectivity index (χ1) is 11.8. The lowest BCUT2D eigenvalue weighted by Gasteiger charge is -2.12. The molecule has 25 heavy (non-hydrogen) atoms. The molecule has 0 saturated carbocycles. The molecule has 0 aliphatic rings. The van der Waals surface area contributed by atoms with Crippen LogP contribution < -0.4 is 0 Å². The lowest BCUT2D eigenvalue weighted by atomic mass is 10.0. The zero-order chi connectivity index (χ0) is 19.1. The van der Waals surface area contributed by atoms with Gasteiger partial charge in [0.25, 0.3) is 0 Å². The fourth-order valence-electron chi connectivity index (χ4n) is 2.55. The van der Waals surface area contributed by atoms with Gasteiger partial charge in [-0.05, 0) is 50.4 Å². The Balaban J connectivity index is 3.58. The number of unbranched alkanes of at least 4 members (excludes halogenated alkanes) is 2. The molecule has 0 aliphatic heterocycles. The monoisotopic (exact) mass is 356 g/mol. The van der Waals surface area contributed by atoms with Crippen LogP contribution in [-0.2, 0) is 19.1 Å². The molecule has 0 aromatic heterocycles. The molecule has 4 heteroatoms. The molecule has 0 bridgehead atoms. The number of carbonyl (C=O) groups excluding carboxylic acids is 2. The molecule has 0 N–H and O–H groups in total. The molecule has 4 nitrogen and oxygen atoms in total. The maximum absolute atomic E-state index is 11.9. The molecular weight excluding hydrogens is 316 g/mol. The van der Waals surface area contributed by atoms with Gasteiger partial charge >= 0.3 is 11.9 Å². The maximum atomic E-state index is 11.9. The third-order valence-corrected chi connectivity index (χ3v) is 4.28. The highest BCUT2D eigenvalue weighted by molar-refractivity contribution is 5.72. The van der Waals surface area contributed by atoms with Gasteiger partial charge in [0.15, 0.2) is 0 Å². The summed E-state index contributed by atoms with van der Waals surface area (Å²) in [4.78, 5) is 23.5.